The van der Waals surface area contributed by atoms with Crippen LogP contribution in [-0.2, 0) is 0 Å². The molecule has 0 unspecified atom stereocenters. The van der Waals surface area contributed by atoms with Gasteiger partial charge in [0.2, 0.25) is 0 Å². The second kappa shape index (κ2) is 5.49. The molecule has 0 radical (unpaired) electrons. The zero-order valence-electron chi connectivity index (χ0n) is 10.3. The van der Waals surface area contributed by atoms with Crippen LogP contribution in [0.25, 0.3) is 0 Å². The molecule has 0 aliphatic carbocycles. The molecule has 1 aliphatic heterocycles. The monoisotopic (exact) mass is 183 g/mol. The molecule has 1 heterocycles. The van der Waals surface area contributed by atoms with Gasteiger partial charge in [-0.3, -0.25) is 0 Å². The van der Waals surface area contributed by atoms with Gasteiger partial charge in [-0.2, -0.15) is 0 Å². The number of rotatable bonds is 1. The van der Waals surface area contributed by atoms with Crippen molar-refractivity contribution >= 4 is 5.69 Å². The van der Waals surface area contributed by atoms with Gasteiger partial charge in [0.1, 0.15) is 0 Å². The normalized spacial score (nSPS) is 16.2. The second-order valence-corrected chi connectivity index (χ2v) is 3.83. The van der Waals surface area contributed by atoms with E-state index < -0.39 is 0 Å². The van der Waals surface area contributed by atoms with Crippen LogP contribution in [-0.4, -0.2) is 13.1 Å². The Kier molecular flexibility index (Phi) is 4.58. The summed E-state index contributed by atoms with van der Waals surface area (Å²) in [7, 11) is 0. The molecule has 72 valence electrons. The number of piperidine rings is 1. The molecule has 0 saturated carbocycles. The van der Waals surface area contributed by atoms with Crippen molar-refractivity contribution in [2.75, 3.05) is 18.0 Å². The van der Waals surface area contributed by atoms with Gasteiger partial charge in [0, 0.05) is 18.8 Å². The molecule has 2 rings (SSSR count). The zero-order valence-corrected chi connectivity index (χ0v) is 9.29. The van der Waals surface area contributed by atoms with Crippen molar-refractivity contribution in [2.24, 2.45) is 0 Å². The Hall–Kier alpha value is -0.383. The molecule has 0 bridgehead atoms. The van der Waals surface area contributed by atoms with Crippen molar-refractivity contribution in [3.05, 3.63) is 29.8 Å². The van der Waals surface area contributed by atoms with Crippen LogP contribution >= 0.6 is 0 Å². The Morgan fingerprint density at radius 1 is 1.07 bits per heavy atom. The van der Waals surface area contributed by atoms with Crippen molar-refractivity contribution in [1.82, 2.24) is 0 Å². The van der Waals surface area contributed by atoms with Gasteiger partial charge in [0.15, 0.2) is 0 Å². The van der Waals surface area contributed by atoms with E-state index in [4.69, 9.17) is 0 Å². The summed E-state index contributed by atoms with van der Waals surface area (Å²) in [5.41, 5.74) is 2.84. The molecule has 2 heteroatoms. The molecule has 0 N–H and O–H groups in total. The first-order valence-electron chi connectivity index (χ1n) is 5.18. The number of anilines is 1. The molecule has 1 saturated heterocycles. The first-order valence-corrected chi connectivity index (χ1v) is 5.18. The fourth-order valence-electron chi connectivity index (χ4n) is 2.05. The van der Waals surface area contributed by atoms with Crippen molar-refractivity contribution in [1.29, 1.82) is 0 Å². The zero-order chi connectivity index (χ0) is 9.10. The van der Waals surface area contributed by atoms with E-state index in [9.17, 15) is 0 Å². The molecule has 0 spiro atoms. The molecular weight excluding hydrogens is 165 g/mol. The van der Waals surface area contributed by atoms with Crippen LogP contribution in [0.1, 0.15) is 26.3 Å². The Morgan fingerprint density at radius 3 is 2.36 bits per heavy atom. The largest absolute Gasteiger partial charge is 1.00 e. The number of nitrogens with zero attached hydrogens (tertiary/aromatic N) is 1. The van der Waals surface area contributed by atoms with Crippen molar-refractivity contribution in [3.63, 3.8) is 0 Å². The summed E-state index contributed by atoms with van der Waals surface area (Å²) in [6.07, 6.45) is 4.12. The van der Waals surface area contributed by atoms with E-state index >= 15 is 0 Å². The van der Waals surface area contributed by atoms with Crippen molar-refractivity contribution in [2.45, 2.75) is 26.2 Å². The minimum Gasteiger partial charge on any atom is -1.00 e. The van der Waals surface area contributed by atoms with Crippen LogP contribution in [0.2, 0.25) is 0 Å². The average molecular weight is 183 g/mol. The number of hydrogen-bond acceptors (Lipinski definition) is 1. The molecular formula is C12H18LiN. The Bertz CT molecular complexity index is 285. The molecule has 1 nitrogen and oxygen atoms in total. The maximum atomic E-state index is 2.51. The van der Waals surface area contributed by atoms with Crippen LogP contribution in [0, 0.1) is 6.92 Å². The maximum Gasteiger partial charge on any atom is 1.00 e. The van der Waals surface area contributed by atoms with Crippen LogP contribution < -0.4 is 23.8 Å². The maximum absolute atomic E-state index is 2.51. The van der Waals surface area contributed by atoms with Gasteiger partial charge in [-0.05, 0) is 37.8 Å². The summed E-state index contributed by atoms with van der Waals surface area (Å²) in [6, 6.07) is 8.68. The Morgan fingerprint density at radius 2 is 1.71 bits per heavy atom. The first-order chi connectivity index (χ1) is 6.38. The fourth-order valence-corrected chi connectivity index (χ4v) is 2.05. The summed E-state index contributed by atoms with van der Waals surface area (Å²) in [5, 5.41) is 0. The minimum absolute atomic E-state index is 0. The van der Waals surface area contributed by atoms with Crippen molar-refractivity contribution < 1.29 is 20.3 Å². The number of para-hydroxylation sites is 1. The third-order valence-corrected chi connectivity index (χ3v) is 2.81. The minimum atomic E-state index is 0. The predicted octanol–water partition coefficient (Wildman–Crippen LogP) is 0.102. The standard InChI is InChI=1S/C12H17N.Li.H/c1-11-7-3-4-8-12(11)13-9-5-2-6-10-13;;/h3-4,7-8H,2,5-6,9-10H2,1H3;;/q;+1;-1. The first kappa shape index (κ1) is 11.7. The van der Waals surface area contributed by atoms with Crippen molar-refractivity contribution in [3.8, 4) is 0 Å². The summed E-state index contributed by atoms with van der Waals surface area (Å²) in [6.45, 7) is 4.68. The van der Waals surface area contributed by atoms with E-state index in [-0.39, 0.29) is 20.3 Å². The third kappa shape index (κ3) is 2.56. The summed E-state index contributed by atoms with van der Waals surface area (Å²) < 4.78 is 0. The van der Waals surface area contributed by atoms with E-state index in [1.807, 2.05) is 0 Å². The molecule has 0 atom stereocenters. The van der Waals surface area contributed by atoms with Crippen LogP contribution in [0.3, 0.4) is 0 Å². The molecule has 0 amide bonds. The molecule has 1 aliphatic rings. The summed E-state index contributed by atoms with van der Waals surface area (Å²) in [5.74, 6) is 0. The summed E-state index contributed by atoms with van der Waals surface area (Å²) >= 11 is 0. The predicted molar refractivity (Wildman–Crippen MR) is 58.4 cm³/mol. The molecule has 0 aromatic heterocycles. The van der Waals surface area contributed by atoms with E-state index in [2.05, 4.69) is 36.1 Å². The van der Waals surface area contributed by atoms with Crippen LogP contribution in [0.15, 0.2) is 24.3 Å². The molecule has 14 heavy (non-hydrogen) atoms. The Labute approximate surface area is 100 Å². The van der Waals surface area contributed by atoms with Gasteiger partial charge in [0.05, 0.1) is 0 Å². The topological polar surface area (TPSA) is 3.24 Å². The number of hydrogen-bond donors (Lipinski definition) is 0. The van der Waals surface area contributed by atoms with E-state index in [0.717, 1.165) is 0 Å². The summed E-state index contributed by atoms with van der Waals surface area (Å²) in [4.78, 5) is 2.51. The van der Waals surface area contributed by atoms with E-state index in [0.29, 0.717) is 0 Å². The van der Waals surface area contributed by atoms with Gasteiger partial charge in [-0.25, -0.2) is 0 Å². The van der Waals surface area contributed by atoms with Crippen LogP contribution in [0.4, 0.5) is 5.69 Å². The van der Waals surface area contributed by atoms with Gasteiger partial charge in [0.25, 0.3) is 0 Å². The van der Waals surface area contributed by atoms with Gasteiger partial charge in [-0.1, -0.05) is 18.2 Å². The van der Waals surface area contributed by atoms with Gasteiger partial charge >= 0.3 is 18.9 Å². The second-order valence-electron chi connectivity index (χ2n) is 3.83. The fraction of sp³-hybridized carbons (Fsp3) is 0.500. The Balaban J connectivity index is 0.000000980. The molecule has 1 aromatic carbocycles. The number of aryl methyl sites for hydroxylation is 1. The quantitative estimate of drug-likeness (QED) is 0.558. The molecule has 1 aromatic rings. The molecule has 1 fully saturated rings. The van der Waals surface area contributed by atoms with E-state index in [1.54, 1.807) is 0 Å². The number of benzene rings is 1. The third-order valence-electron chi connectivity index (χ3n) is 2.81. The average Bonchev–Trinajstić information content (AvgIpc) is 2.20. The SMILES string of the molecule is Cc1ccccc1N1CCCCC1.[H-].[Li+]. The van der Waals surface area contributed by atoms with Gasteiger partial charge < -0.3 is 6.33 Å². The van der Waals surface area contributed by atoms with Crippen LogP contribution in [0.5, 0.6) is 0 Å². The van der Waals surface area contributed by atoms with E-state index in [1.165, 1.54) is 43.6 Å². The van der Waals surface area contributed by atoms with Gasteiger partial charge in [-0.15, -0.1) is 0 Å². The smallest absolute Gasteiger partial charge is 1.00 e.